The fourth-order valence-corrected chi connectivity index (χ4v) is 3.97. The van der Waals surface area contributed by atoms with Gasteiger partial charge in [0.1, 0.15) is 6.04 Å². The Morgan fingerprint density at radius 1 is 1.22 bits per heavy atom. The van der Waals surface area contributed by atoms with E-state index in [1.54, 1.807) is 31.2 Å². The number of benzene rings is 2. The molecule has 0 saturated heterocycles. The molecule has 1 N–H and O–H groups in total. The Morgan fingerprint density at radius 3 is 2.44 bits per heavy atom. The van der Waals surface area contributed by atoms with Crippen LogP contribution in [0.4, 0.5) is 8.78 Å². The van der Waals surface area contributed by atoms with Gasteiger partial charge in [0.15, 0.2) is 16.4 Å². The number of carbonyl (C=O) groups is 2. The molecule has 1 aromatic heterocycles. The van der Waals surface area contributed by atoms with Crippen molar-refractivity contribution in [1.82, 2.24) is 4.57 Å². The number of aliphatic carboxylic acids is 1. The Balaban J connectivity index is 2.26. The third-order valence-electron chi connectivity index (χ3n) is 3.94. The number of hydrogen-bond donors (Lipinski definition) is 1. The van der Waals surface area contributed by atoms with Crippen molar-refractivity contribution in [3.63, 3.8) is 0 Å². The molecule has 140 valence electrons. The third-order valence-corrected chi connectivity index (χ3v) is 5.49. The van der Waals surface area contributed by atoms with Crippen LogP contribution in [0.3, 0.4) is 0 Å². The molecule has 27 heavy (non-hydrogen) atoms. The molecule has 1 heterocycles. The number of aromatic nitrogens is 1. The molecule has 3 aromatic rings. The number of rotatable bonds is 4. The number of carboxylic acids is 1. The summed E-state index contributed by atoms with van der Waals surface area (Å²) in [6.07, 6.45) is 0.180. The first kappa shape index (κ1) is 19.4. The van der Waals surface area contributed by atoms with E-state index >= 15 is 0 Å². The van der Waals surface area contributed by atoms with Crippen LogP contribution < -0.4 is 4.80 Å². The molecule has 2 aromatic carbocycles. The molecule has 1 amide bonds. The van der Waals surface area contributed by atoms with Crippen molar-refractivity contribution in [2.75, 3.05) is 0 Å². The van der Waals surface area contributed by atoms with Crippen LogP contribution in [0.2, 0.25) is 0 Å². The second kappa shape index (κ2) is 7.69. The van der Waals surface area contributed by atoms with E-state index in [2.05, 4.69) is 20.9 Å². The van der Waals surface area contributed by atoms with Crippen molar-refractivity contribution in [2.45, 2.75) is 19.4 Å². The van der Waals surface area contributed by atoms with E-state index in [-0.39, 0.29) is 16.7 Å². The van der Waals surface area contributed by atoms with Crippen molar-refractivity contribution in [2.24, 2.45) is 4.99 Å². The number of hydrogen-bond acceptors (Lipinski definition) is 3. The first-order chi connectivity index (χ1) is 12.8. The molecule has 0 spiro atoms. The Bertz CT molecular complexity index is 1110. The minimum Gasteiger partial charge on any atom is -0.480 e. The van der Waals surface area contributed by atoms with Gasteiger partial charge in [0, 0.05) is 16.1 Å². The molecule has 0 fully saturated rings. The highest BCUT2D eigenvalue weighted by Crippen LogP contribution is 2.25. The Morgan fingerprint density at radius 2 is 1.85 bits per heavy atom. The summed E-state index contributed by atoms with van der Waals surface area (Å²) in [6, 6.07) is 7.33. The summed E-state index contributed by atoms with van der Waals surface area (Å²) in [6.45, 7) is 1.65. The van der Waals surface area contributed by atoms with Gasteiger partial charge in [-0.2, -0.15) is 4.99 Å². The number of amides is 1. The summed E-state index contributed by atoms with van der Waals surface area (Å²) < 4.78 is 29.7. The molecule has 0 bridgehead atoms. The molecule has 1 atom stereocenters. The number of nitrogens with zero attached hydrogens (tertiary/aromatic N) is 2. The Labute approximate surface area is 164 Å². The quantitative estimate of drug-likeness (QED) is 0.629. The van der Waals surface area contributed by atoms with E-state index in [0.29, 0.717) is 10.3 Å². The minimum absolute atomic E-state index is 0.0668. The molecule has 9 heteroatoms. The van der Waals surface area contributed by atoms with Crippen LogP contribution in [0.25, 0.3) is 10.2 Å². The summed E-state index contributed by atoms with van der Waals surface area (Å²) in [7, 11) is 0. The lowest BCUT2D eigenvalue weighted by Gasteiger charge is -2.13. The SMILES string of the molecule is CCC(C(=O)O)n1c(=NC(=O)c2ccc(Br)cc2)sc2cc(F)c(F)cc21. The van der Waals surface area contributed by atoms with E-state index in [1.807, 2.05) is 0 Å². The molecule has 0 saturated carbocycles. The lowest BCUT2D eigenvalue weighted by Crippen LogP contribution is -2.27. The number of carbonyl (C=O) groups excluding carboxylic acids is 1. The Hall–Kier alpha value is -2.39. The van der Waals surface area contributed by atoms with Crippen molar-refractivity contribution in [1.29, 1.82) is 0 Å². The van der Waals surface area contributed by atoms with Crippen LogP contribution >= 0.6 is 27.3 Å². The van der Waals surface area contributed by atoms with Crippen molar-refractivity contribution < 1.29 is 23.5 Å². The van der Waals surface area contributed by atoms with Crippen molar-refractivity contribution in [3.8, 4) is 0 Å². The summed E-state index contributed by atoms with van der Waals surface area (Å²) in [5, 5.41) is 9.52. The van der Waals surface area contributed by atoms with Gasteiger partial charge < -0.3 is 9.67 Å². The standard InChI is InChI=1S/C18H13BrF2N2O3S/c1-2-13(17(25)26)23-14-7-11(20)12(21)8-15(14)27-18(23)22-16(24)9-3-5-10(19)6-4-9/h3-8,13H,2H2,1H3,(H,25,26). The normalized spacial score (nSPS) is 13.1. The molecular formula is C18H13BrF2N2O3S. The highest BCUT2D eigenvalue weighted by Gasteiger charge is 2.23. The molecule has 0 aliphatic carbocycles. The van der Waals surface area contributed by atoms with Gasteiger partial charge >= 0.3 is 5.97 Å². The highest BCUT2D eigenvalue weighted by molar-refractivity contribution is 9.10. The van der Waals surface area contributed by atoms with Crippen LogP contribution in [-0.2, 0) is 4.79 Å². The first-order valence-corrected chi connectivity index (χ1v) is 9.50. The zero-order valence-corrected chi connectivity index (χ0v) is 16.4. The molecule has 5 nitrogen and oxygen atoms in total. The van der Waals surface area contributed by atoms with Gasteiger partial charge in [0.05, 0.1) is 10.2 Å². The average molecular weight is 455 g/mol. The fraction of sp³-hybridized carbons (Fsp3) is 0.167. The average Bonchev–Trinajstić information content (AvgIpc) is 2.93. The highest BCUT2D eigenvalue weighted by atomic mass is 79.9. The topological polar surface area (TPSA) is 71.7 Å². The van der Waals surface area contributed by atoms with E-state index in [0.717, 1.165) is 27.9 Å². The van der Waals surface area contributed by atoms with Crippen molar-refractivity contribution >= 4 is 49.4 Å². The predicted octanol–water partition coefficient (Wildman–Crippen LogP) is 4.52. The third kappa shape index (κ3) is 3.84. The second-order valence-corrected chi connectivity index (χ2v) is 7.60. The van der Waals surface area contributed by atoms with Crippen LogP contribution in [0.1, 0.15) is 29.7 Å². The van der Waals surface area contributed by atoms with Gasteiger partial charge in [-0.1, -0.05) is 34.2 Å². The first-order valence-electron chi connectivity index (χ1n) is 7.89. The molecular weight excluding hydrogens is 442 g/mol. The van der Waals surface area contributed by atoms with E-state index in [4.69, 9.17) is 0 Å². The second-order valence-electron chi connectivity index (χ2n) is 5.67. The maximum atomic E-state index is 13.7. The monoisotopic (exact) mass is 454 g/mol. The van der Waals surface area contributed by atoms with E-state index in [1.165, 1.54) is 4.57 Å². The van der Waals surface area contributed by atoms with Gasteiger partial charge in [0.25, 0.3) is 5.91 Å². The zero-order valence-electron chi connectivity index (χ0n) is 13.9. The van der Waals surface area contributed by atoms with Crippen LogP contribution in [0.15, 0.2) is 45.9 Å². The van der Waals surface area contributed by atoms with Gasteiger partial charge in [0.2, 0.25) is 0 Å². The van der Waals surface area contributed by atoms with Crippen LogP contribution in [-0.4, -0.2) is 21.6 Å². The van der Waals surface area contributed by atoms with Gasteiger partial charge in [-0.25, -0.2) is 13.6 Å². The number of fused-ring (bicyclic) bond motifs is 1. The van der Waals surface area contributed by atoms with Gasteiger partial charge in [-0.15, -0.1) is 0 Å². The molecule has 0 aliphatic rings. The summed E-state index contributed by atoms with van der Waals surface area (Å²) in [5.74, 6) is -3.88. The largest absolute Gasteiger partial charge is 0.480 e. The van der Waals surface area contributed by atoms with Crippen LogP contribution in [0, 0.1) is 11.6 Å². The molecule has 0 aliphatic heterocycles. The number of carboxylic acid groups (broad SMARTS) is 1. The zero-order chi connectivity index (χ0) is 19.7. The fourth-order valence-electron chi connectivity index (χ4n) is 2.63. The minimum atomic E-state index is -1.15. The number of thiazole rings is 1. The van der Waals surface area contributed by atoms with E-state index in [9.17, 15) is 23.5 Å². The molecule has 3 rings (SSSR count). The van der Waals surface area contributed by atoms with E-state index < -0.39 is 29.6 Å². The summed E-state index contributed by atoms with van der Waals surface area (Å²) in [5.41, 5.74) is 0.485. The van der Waals surface area contributed by atoms with Crippen LogP contribution in [0.5, 0.6) is 0 Å². The Kier molecular flexibility index (Phi) is 5.52. The molecule has 0 radical (unpaired) electrons. The lowest BCUT2D eigenvalue weighted by atomic mass is 10.2. The lowest BCUT2D eigenvalue weighted by molar-refractivity contribution is -0.140. The van der Waals surface area contributed by atoms with Gasteiger partial charge in [-0.05, 0) is 36.8 Å². The maximum Gasteiger partial charge on any atom is 0.326 e. The molecule has 1 unspecified atom stereocenters. The summed E-state index contributed by atoms with van der Waals surface area (Å²) >= 11 is 4.20. The predicted molar refractivity (Wildman–Crippen MR) is 101 cm³/mol. The van der Waals surface area contributed by atoms with Gasteiger partial charge in [-0.3, -0.25) is 4.79 Å². The number of halogens is 3. The maximum absolute atomic E-state index is 13.7. The smallest absolute Gasteiger partial charge is 0.326 e. The van der Waals surface area contributed by atoms with Crippen molar-refractivity contribution in [3.05, 3.63) is 62.9 Å². The summed E-state index contributed by atoms with van der Waals surface area (Å²) in [4.78, 5) is 28.2.